The van der Waals surface area contributed by atoms with Gasteiger partial charge in [-0.15, -0.1) is 0 Å². The van der Waals surface area contributed by atoms with Gasteiger partial charge in [0, 0.05) is 38.8 Å². The summed E-state index contributed by atoms with van der Waals surface area (Å²) in [5, 5.41) is 21.5. The van der Waals surface area contributed by atoms with E-state index in [1.807, 2.05) is 35.2 Å². The van der Waals surface area contributed by atoms with Gasteiger partial charge < -0.3 is 19.5 Å². The van der Waals surface area contributed by atoms with Crippen LogP contribution in [0, 0.1) is 10.1 Å². The monoisotopic (exact) mass is 401 g/mol. The number of hydrogen-bond donors (Lipinski definition) is 1. The first-order chi connectivity index (χ1) is 14.1. The molecule has 0 saturated carbocycles. The quantitative estimate of drug-likeness (QED) is 0.509. The number of benzene rings is 2. The molecule has 0 bridgehead atoms. The molecule has 1 aliphatic heterocycles. The van der Waals surface area contributed by atoms with E-state index in [4.69, 9.17) is 9.47 Å². The van der Waals surface area contributed by atoms with Crippen LogP contribution in [0.25, 0.3) is 0 Å². The van der Waals surface area contributed by atoms with E-state index in [0.717, 1.165) is 24.4 Å². The van der Waals surface area contributed by atoms with Crippen LogP contribution in [0.3, 0.4) is 0 Å². The zero-order chi connectivity index (χ0) is 20.6. The summed E-state index contributed by atoms with van der Waals surface area (Å²) in [7, 11) is 1.63. The molecule has 1 heterocycles. The van der Waals surface area contributed by atoms with E-state index in [1.165, 1.54) is 6.07 Å². The minimum absolute atomic E-state index is 0.132. The van der Waals surface area contributed by atoms with Crippen LogP contribution in [-0.4, -0.2) is 67.5 Å². The van der Waals surface area contributed by atoms with Crippen LogP contribution in [0.15, 0.2) is 48.5 Å². The highest BCUT2D eigenvalue weighted by Crippen LogP contribution is 2.28. The van der Waals surface area contributed by atoms with Gasteiger partial charge in [-0.1, -0.05) is 24.3 Å². The van der Waals surface area contributed by atoms with Gasteiger partial charge in [-0.3, -0.25) is 15.0 Å². The Bertz CT molecular complexity index is 791. The van der Waals surface area contributed by atoms with Crippen molar-refractivity contribution < 1.29 is 19.5 Å². The molecule has 156 valence electrons. The number of piperazine rings is 1. The Kier molecular flexibility index (Phi) is 7.40. The van der Waals surface area contributed by atoms with Gasteiger partial charge >= 0.3 is 0 Å². The van der Waals surface area contributed by atoms with Crippen molar-refractivity contribution in [1.82, 2.24) is 4.90 Å². The number of nitro groups is 1. The van der Waals surface area contributed by atoms with Crippen LogP contribution in [0.2, 0.25) is 0 Å². The molecule has 8 nitrogen and oxygen atoms in total. The molecule has 1 N–H and O–H groups in total. The van der Waals surface area contributed by atoms with Gasteiger partial charge in [0.1, 0.15) is 11.4 Å². The number of nitrogens with zero attached hydrogens (tertiary/aromatic N) is 3. The molecule has 0 radical (unpaired) electrons. The van der Waals surface area contributed by atoms with Crippen molar-refractivity contribution in [2.24, 2.45) is 0 Å². The minimum Gasteiger partial charge on any atom is -0.497 e. The number of β-amino-alcohol motifs (C(OH)–C–C–N with tert-alkyl or cyclic N) is 1. The molecule has 2 aromatic rings. The van der Waals surface area contributed by atoms with Crippen LogP contribution in [0.1, 0.15) is 5.56 Å². The molecule has 1 atom stereocenters. The molecule has 0 spiro atoms. The van der Waals surface area contributed by atoms with E-state index < -0.39 is 6.10 Å². The summed E-state index contributed by atoms with van der Waals surface area (Å²) < 4.78 is 10.8. The zero-order valence-electron chi connectivity index (χ0n) is 16.6. The third-order valence-corrected chi connectivity index (χ3v) is 5.00. The average Bonchev–Trinajstić information content (AvgIpc) is 2.75. The first kappa shape index (κ1) is 21.0. The average molecular weight is 401 g/mol. The molecule has 3 rings (SSSR count). The number of aliphatic hydroxyl groups is 1. The summed E-state index contributed by atoms with van der Waals surface area (Å²) >= 11 is 0. The molecule has 0 aromatic heterocycles. The Morgan fingerprint density at radius 2 is 1.79 bits per heavy atom. The fourth-order valence-corrected chi connectivity index (χ4v) is 3.44. The largest absolute Gasteiger partial charge is 0.497 e. The number of para-hydroxylation sites is 2. The third kappa shape index (κ3) is 5.90. The van der Waals surface area contributed by atoms with Crippen molar-refractivity contribution in [3.8, 4) is 5.75 Å². The van der Waals surface area contributed by atoms with E-state index in [9.17, 15) is 15.2 Å². The van der Waals surface area contributed by atoms with E-state index >= 15 is 0 Å². The summed E-state index contributed by atoms with van der Waals surface area (Å²) in [6.07, 6.45) is -0.578. The predicted octanol–water partition coefficient (Wildman–Crippen LogP) is 2.30. The first-order valence-electron chi connectivity index (χ1n) is 9.66. The third-order valence-electron chi connectivity index (χ3n) is 5.00. The molecule has 1 fully saturated rings. The molecule has 1 aliphatic rings. The highest BCUT2D eigenvalue weighted by Gasteiger charge is 2.24. The summed E-state index contributed by atoms with van der Waals surface area (Å²) in [5.41, 5.74) is 1.81. The fraction of sp³-hybridized carbons (Fsp3) is 0.429. The molecule has 0 amide bonds. The lowest BCUT2D eigenvalue weighted by Crippen LogP contribution is -2.49. The zero-order valence-corrected chi connectivity index (χ0v) is 16.6. The predicted molar refractivity (Wildman–Crippen MR) is 110 cm³/mol. The van der Waals surface area contributed by atoms with Crippen molar-refractivity contribution in [2.45, 2.75) is 12.7 Å². The maximum atomic E-state index is 11.2. The molecule has 29 heavy (non-hydrogen) atoms. The maximum absolute atomic E-state index is 11.2. The van der Waals surface area contributed by atoms with E-state index in [1.54, 1.807) is 19.2 Å². The summed E-state index contributed by atoms with van der Waals surface area (Å²) in [6.45, 7) is 4.06. The van der Waals surface area contributed by atoms with Crippen LogP contribution < -0.4 is 9.64 Å². The summed E-state index contributed by atoms with van der Waals surface area (Å²) in [5.74, 6) is 0.800. The SMILES string of the molecule is COc1ccc(COCC(O)CN2CCN(c3ccccc3[N+](=O)[O-])CC2)cc1. The number of hydrogen-bond acceptors (Lipinski definition) is 7. The molecular formula is C21H27N3O5. The van der Waals surface area contributed by atoms with Crippen molar-refractivity contribution in [1.29, 1.82) is 0 Å². The number of nitro benzene ring substituents is 1. The highest BCUT2D eigenvalue weighted by molar-refractivity contribution is 5.63. The summed E-state index contributed by atoms with van der Waals surface area (Å²) in [4.78, 5) is 15.1. The minimum atomic E-state index is -0.578. The Morgan fingerprint density at radius 3 is 2.45 bits per heavy atom. The second kappa shape index (κ2) is 10.2. The number of ether oxygens (including phenoxy) is 2. The number of anilines is 1. The standard InChI is InChI=1S/C21H27N3O5/c1-28-19-8-6-17(7-9-19)15-29-16-18(25)14-22-10-12-23(13-11-22)20-4-2-3-5-21(20)24(26)27/h2-9,18,25H,10-16H2,1H3. The Balaban J connectivity index is 1.40. The molecule has 8 heteroatoms. The maximum Gasteiger partial charge on any atom is 0.292 e. The molecular weight excluding hydrogens is 374 g/mol. The lowest BCUT2D eigenvalue weighted by Gasteiger charge is -2.36. The van der Waals surface area contributed by atoms with Gasteiger partial charge in [-0.05, 0) is 23.8 Å². The fourth-order valence-electron chi connectivity index (χ4n) is 3.44. The topological polar surface area (TPSA) is 88.3 Å². The van der Waals surface area contributed by atoms with E-state index in [0.29, 0.717) is 31.9 Å². The van der Waals surface area contributed by atoms with Crippen LogP contribution in [0.5, 0.6) is 5.75 Å². The van der Waals surface area contributed by atoms with Gasteiger partial charge in [-0.25, -0.2) is 0 Å². The number of methoxy groups -OCH3 is 1. The van der Waals surface area contributed by atoms with E-state index in [2.05, 4.69) is 4.90 Å². The molecule has 0 aliphatic carbocycles. The Hall–Kier alpha value is -2.68. The Labute approximate surface area is 170 Å². The molecule has 1 unspecified atom stereocenters. The van der Waals surface area contributed by atoms with Gasteiger partial charge in [0.05, 0.1) is 31.4 Å². The van der Waals surface area contributed by atoms with Crippen LogP contribution in [0.4, 0.5) is 11.4 Å². The Morgan fingerprint density at radius 1 is 1.10 bits per heavy atom. The van der Waals surface area contributed by atoms with Crippen molar-refractivity contribution in [3.05, 3.63) is 64.2 Å². The molecule has 2 aromatic carbocycles. The summed E-state index contributed by atoms with van der Waals surface area (Å²) in [6, 6.07) is 14.5. The van der Waals surface area contributed by atoms with Gasteiger partial charge in [0.25, 0.3) is 5.69 Å². The smallest absolute Gasteiger partial charge is 0.292 e. The van der Waals surface area contributed by atoms with Gasteiger partial charge in [0.15, 0.2) is 0 Å². The van der Waals surface area contributed by atoms with Crippen LogP contribution >= 0.6 is 0 Å². The lowest BCUT2D eigenvalue weighted by molar-refractivity contribution is -0.384. The van der Waals surface area contributed by atoms with Crippen molar-refractivity contribution in [2.75, 3.05) is 51.3 Å². The van der Waals surface area contributed by atoms with Crippen molar-refractivity contribution in [3.63, 3.8) is 0 Å². The van der Waals surface area contributed by atoms with Crippen molar-refractivity contribution >= 4 is 11.4 Å². The number of aliphatic hydroxyl groups excluding tert-OH is 1. The lowest BCUT2D eigenvalue weighted by atomic mass is 10.2. The first-order valence-corrected chi connectivity index (χ1v) is 9.66. The van der Waals surface area contributed by atoms with Crippen LogP contribution in [-0.2, 0) is 11.3 Å². The van der Waals surface area contributed by atoms with Gasteiger partial charge in [-0.2, -0.15) is 0 Å². The second-order valence-corrected chi connectivity index (χ2v) is 7.05. The highest BCUT2D eigenvalue weighted by atomic mass is 16.6. The van der Waals surface area contributed by atoms with Gasteiger partial charge in [0.2, 0.25) is 0 Å². The second-order valence-electron chi connectivity index (χ2n) is 7.05. The normalized spacial score (nSPS) is 15.9. The molecule has 1 saturated heterocycles. The van der Waals surface area contributed by atoms with E-state index in [-0.39, 0.29) is 17.2 Å². The number of rotatable bonds is 9.